The zero-order chi connectivity index (χ0) is 16.9. The number of hydrogen-bond donors (Lipinski definition) is 1. The lowest BCUT2D eigenvalue weighted by Gasteiger charge is -2.35. The third-order valence-corrected chi connectivity index (χ3v) is 3.96. The molecule has 0 bridgehead atoms. The molecule has 1 N–H and O–H groups in total. The van der Waals surface area contributed by atoms with Gasteiger partial charge in [0.05, 0.1) is 5.56 Å². The van der Waals surface area contributed by atoms with Crippen molar-refractivity contribution >= 4 is 17.6 Å². The average Bonchev–Trinajstić information content (AvgIpc) is 2.62. The van der Waals surface area contributed by atoms with Crippen LogP contribution in [0.25, 0.3) is 0 Å². The highest BCUT2D eigenvalue weighted by Crippen LogP contribution is 2.18. The summed E-state index contributed by atoms with van der Waals surface area (Å²) in [4.78, 5) is 18.0. The van der Waals surface area contributed by atoms with Gasteiger partial charge in [-0.1, -0.05) is 0 Å². The molecule has 0 aromatic carbocycles. The van der Waals surface area contributed by atoms with E-state index in [0.29, 0.717) is 5.56 Å². The van der Waals surface area contributed by atoms with Gasteiger partial charge in [-0.3, -0.25) is 0 Å². The Morgan fingerprint density at radius 1 is 1.17 bits per heavy atom. The van der Waals surface area contributed by atoms with Crippen molar-refractivity contribution in [1.82, 2.24) is 15.0 Å². The summed E-state index contributed by atoms with van der Waals surface area (Å²) in [6.07, 6.45) is 1.62. The van der Waals surface area contributed by atoms with E-state index in [1.165, 1.54) is 0 Å². The van der Waals surface area contributed by atoms with E-state index in [2.05, 4.69) is 43.1 Å². The van der Waals surface area contributed by atoms with Gasteiger partial charge in [-0.05, 0) is 26.0 Å². The Hall–Kier alpha value is -2.88. The van der Waals surface area contributed by atoms with E-state index in [0.717, 1.165) is 56.0 Å². The monoisotopic (exact) mass is 323 g/mol. The van der Waals surface area contributed by atoms with Crippen LogP contribution in [-0.4, -0.2) is 47.7 Å². The average molecular weight is 323 g/mol. The maximum atomic E-state index is 8.85. The highest BCUT2D eigenvalue weighted by Gasteiger charge is 2.20. The molecule has 24 heavy (non-hydrogen) atoms. The van der Waals surface area contributed by atoms with Crippen LogP contribution in [0.5, 0.6) is 0 Å². The number of nitriles is 1. The molecule has 1 aliphatic rings. The number of anilines is 3. The minimum atomic E-state index is 0.585. The number of aryl methyl sites for hydroxylation is 1. The molecule has 0 aliphatic carbocycles. The van der Waals surface area contributed by atoms with Gasteiger partial charge in [0.1, 0.15) is 17.7 Å². The largest absolute Gasteiger partial charge is 0.370 e. The van der Waals surface area contributed by atoms with Crippen molar-refractivity contribution < 1.29 is 0 Å². The summed E-state index contributed by atoms with van der Waals surface area (Å²) >= 11 is 0. The molecule has 0 radical (unpaired) electrons. The molecule has 1 fully saturated rings. The van der Waals surface area contributed by atoms with Crippen LogP contribution >= 0.6 is 0 Å². The van der Waals surface area contributed by atoms with Crippen LogP contribution in [0, 0.1) is 18.3 Å². The SMILES string of the molecule is CCNc1cc(C)nc(N2CCN(c3ccc(C#N)cn3)CC2)n1. The summed E-state index contributed by atoms with van der Waals surface area (Å²) in [6, 6.07) is 7.77. The first-order valence-corrected chi connectivity index (χ1v) is 8.15. The van der Waals surface area contributed by atoms with Crippen LogP contribution in [0.1, 0.15) is 18.2 Å². The summed E-state index contributed by atoms with van der Waals surface area (Å²) in [5.74, 6) is 2.56. The zero-order valence-corrected chi connectivity index (χ0v) is 14.0. The third-order valence-electron chi connectivity index (χ3n) is 3.96. The van der Waals surface area contributed by atoms with E-state index >= 15 is 0 Å². The zero-order valence-electron chi connectivity index (χ0n) is 14.0. The fourth-order valence-corrected chi connectivity index (χ4v) is 2.74. The minimum Gasteiger partial charge on any atom is -0.370 e. The van der Waals surface area contributed by atoms with E-state index in [-0.39, 0.29) is 0 Å². The Bertz CT molecular complexity index is 728. The molecule has 2 aromatic rings. The first-order chi connectivity index (χ1) is 11.7. The van der Waals surface area contributed by atoms with Crippen LogP contribution in [0.3, 0.4) is 0 Å². The van der Waals surface area contributed by atoms with Crippen molar-refractivity contribution in [2.24, 2.45) is 0 Å². The van der Waals surface area contributed by atoms with Crippen molar-refractivity contribution in [3.63, 3.8) is 0 Å². The first kappa shape index (κ1) is 16.0. The number of aromatic nitrogens is 3. The van der Waals surface area contributed by atoms with Crippen LogP contribution in [-0.2, 0) is 0 Å². The number of rotatable bonds is 4. The summed E-state index contributed by atoms with van der Waals surface area (Å²) in [5, 5.41) is 12.1. The molecule has 3 heterocycles. The summed E-state index contributed by atoms with van der Waals surface area (Å²) in [6.45, 7) is 8.28. The second-order valence-corrected chi connectivity index (χ2v) is 5.72. The second-order valence-electron chi connectivity index (χ2n) is 5.72. The highest BCUT2D eigenvalue weighted by molar-refractivity contribution is 5.47. The Balaban J connectivity index is 1.67. The third kappa shape index (κ3) is 3.54. The first-order valence-electron chi connectivity index (χ1n) is 8.15. The number of nitrogens with one attached hydrogen (secondary N) is 1. The molecular weight excluding hydrogens is 302 g/mol. The molecule has 0 atom stereocenters. The van der Waals surface area contributed by atoms with Gasteiger partial charge in [-0.2, -0.15) is 10.2 Å². The molecule has 124 valence electrons. The van der Waals surface area contributed by atoms with Crippen LogP contribution < -0.4 is 15.1 Å². The standard InChI is InChI=1S/C17H21N7/c1-3-19-15-10-13(2)21-17(22-15)24-8-6-23(7-9-24)16-5-4-14(11-18)12-20-16/h4-5,10,12H,3,6-9H2,1-2H3,(H,19,21,22). The van der Waals surface area contributed by atoms with Crippen molar-refractivity contribution in [2.45, 2.75) is 13.8 Å². The molecule has 2 aromatic heterocycles. The van der Waals surface area contributed by atoms with Crippen molar-refractivity contribution in [3.8, 4) is 6.07 Å². The number of piperazine rings is 1. The Morgan fingerprint density at radius 3 is 2.54 bits per heavy atom. The van der Waals surface area contributed by atoms with Gasteiger partial charge in [0.2, 0.25) is 5.95 Å². The van der Waals surface area contributed by atoms with Crippen molar-refractivity contribution in [3.05, 3.63) is 35.7 Å². The van der Waals surface area contributed by atoms with Crippen molar-refractivity contribution in [1.29, 1.82) is 5.26 Å². The normalized spacial score (nSPS) is 14.4. The second kappa shape index (κ2) is 7.13. The van der Waals surface area contributed by atoms with Gasteiger partial charge in [0, 0.05) is 50.7 Å². The maximum absolute atomic E-state index is 8.85. The number of nitrogens with zero attached hydrogens (tertiary/aromatic N) is 6. The van der Waals surface area contributed by atoms with Crippen LogP contribution in [0.2, 0.25) is 0 Å². The Labute approximate surface area is 142 Å². The molecule has 0 saturated carbocycles. The van der Waals surface area contributed by atoms with E-state index in [9.17, 15) is 0 Å². The Kier molecular flexibility index (Phi) is 4.75. The quantitative estimate of drug-likeness (QED) is 0.919. The molecule has 7 heteroatoms. The number of pyridine rings is 1. The molecular formula is C17H21N7. The fourth-order valence-electron chi connectivity index (χ4n) is 2.74. The van der Waals surface area contributed by atoms with Gasteiger partial charge in [-0.15, -0.1) is 0 Å². The summed E-state index contributed by atoms with van der Waals surface area (Å²) in [5.41, 5.74) is 1.55. The Morgan fingerprint density at radius 2 is 1.92 bits per heavy atom. The molecule has 7 nitrogen and oxygen atoms in total. The smallest absolute Gasteiger partial charge is 0.227 e. The predicted octanol–water partition coefficient (Wildman–Crippen LogP) is 1.81. The summed E-state index contributed by atoms with van der Waals surface area (Å²) in [7, 11) is 0. The summed E-state index contributed by atoms with van der Waals surface area (Å²) < 4.78 is 0. The molecule has 0 unspecified atom stereocenters. The van der Waals surface area contributed by atoms with Crippen LogP contribution in [0.15, 0.2) is 24.4 Å². The fraction of sp³-hybridized carbons (Fsp3) is 0.412. The van der Waals surface area contributed by atoms with E-state index in [1.54, 1.807) is 12.3 Å². The lowest BCUT2D eigenvalue weighted by atomic mass is 10.2. The van der Waals surface area contributed by atoms with Gasteiger partial charge in [0.25, 0.3) is 0 Å². The predicted molar refractivity (Wildman–Crippen MR) is 94.3 cm³/mol. The molecule has 3 rings (SSSR count). The van der Waals surface area contributed by atoms with Gasteiger partial charge < -0.3 is 15.1 Å². The minimum absolute atomic E-state index is 0.585. The molecule has 1 aliphatic heterocycles. The van der Waals surface area contributed by atoms with E-state index in [4.69, 9.17) is 5.26 Å². The molecule has 0 amide bonds. The van der Waals surface area contributed by atoms with Gasteiger partial charge in [-0.25, -0.2) is 9.97 Å². The molecule has 0 spiro atoms. The van der Waals surface area contributed by atoms with Crippen molar-refractivity contribution in [2.75, 3.05) is 47.8 Å². The van der Waals surface area contributed by atoms with Crippen LogP contribution in [0.4, 0.5) is 17.6 Å². The van der Waals surface area contributed by atoms with E-state index in [1.807, 2.05) is 19.1 Å². The van der Waals surface area contributed by atoms with E-state index < -0.39 is 0 Å². The highest BCUT2D eigenvalue weighted by atomic mass is 15.3. The van der Waals surface area contributed by atoms with Gasteiger partial charge in [0.15, 0.2) is 0 Å². The molecule has 1 saturated heterocycles. The lowest BCUT2D eigenvalue weighted by molar-refractivity contribution is 0.634. The van der Waals surface area contributed by atoms with Gasteiger partial charge >= 0.3 is 0 Å². The number of hydrogen-bond acceptors (Lipinski definition) is 7. The maximum Gasteiger partial charge on any atom is 0.227 e. The topological polar surface area (TPSA) is 81.0 Å². The lowest BCUT2D eigenvalue weighted by Crippen LogP contribution is -2.47.